The Morgan fingerprint density at radius 2 is 2.19 bits per heavy atom. The smallest absolute Gasteiger partial charge is 0.250 e. The zero-order chi connectivity index (χ0) is 25.8. The van der Waals surface area contributed by atoms with Crippen molar-refractivity contribution < 1.29 is 14.3 Å². The van der Waals surface area contributed by atoms with Crippen molar-refractivity contribution in [1.82, 2.24) is 20.5 Å². The number of nitrogens with zero attached hydrogens (tertiary/aromatic N) is 2. The highest BCUT2D eigenvalue weighted by Gasteiger charge is 2.46. The van der Waals surface area contributed by atoms with Crippen molar-refractivity contribution in [2.24, 2.45) is 0 Å². The fourth-order valence-corrected chi connectivity index (χ4v) is 6.27. The number of benzene rings is 1. The van der Waals surface area contributed by atoms with E-state index in [4.69, 9.17) is 21.1 Å². The van der Waals surface area contributed by atoms with Crippen LogP contribution >= 0.6 is 23.4 Å². The summed E-state index contributed by atoms with van der Waals surface area (Å²) in [4.78, 5) is 19.6. The quantitative estimate of drug-likeness (QED) is 0.387. The Bertz CT molecular complexity index is 1160. The summed E-state index contributed by atoms with van der Waals surface area (Å²) in [6, 6.07) is 8.03. The number of hydrogen-bond acceptors (Lipinski definition) is 8. The van der Waals surface area contributed by atoms with E-state index in [1.807, 2.05) is 18.2 Å². The molecule has 1 aromatic carbocycles. The van der Waals surface area contributed by atoms with Gasteiger partial charge in [-0.15, -0.1) is 11.8 Å². The van der Waals surface area contributed by atoms with E-state index in [0.29, 0.717) is 36.5 Å². The van der Waals surface area contributed by atoms with E-state index in [0.717, 1.165) is 47.7 Å². The van der Waals surface area contributed by atoms with Crippen LogP contribution in [-0.4, -0.2) is 66.3 Å². The number of para-hydroxylation sites is 1. The topological polar surface area (TPSA) is 87.8 Å². The largest absolute Gasteiger partial charge is 0.493 e. The number of hydrogen-bond donors (Lipinski definition) is 3. The minimum atomic E-state index is -0.0138. The normalized spacial score (nSPS) is 23.9. The second-order valence-corrected chi connectivity index (χ2v) is 11.3. The zero-order valence-corrected chi connectivity index (χ0v) is 22.8. The van der Waals surface area contributed by atoms with Crippen molar-refractivity contribution in [1.29, 1.82) is 0 Å². The minimum absolute atomic E-state index is 0.0138. The number of halogens is 1. The molecule has 3 aliphatic rings. The molecule has 1 aromatic heterocycles. The van der Waals surface area contributed by atoms with Crippen LogP contribution in [0.25, 0.3) is 0 Å². The van der Waals surface area contributed by atoms with Gasteiger partial charge >= 0.3 is 0 Å². The lowest BCUT2D eigenvalue weighted by Crippen LogP contribution is -2.40. The molecule has 198 valence electrons. The monoisotopic (exact) mass is 543 g/mol. The van der Waals surface area contributed by atoms with Crippen LogP contribution in [0.3, 0.4) is 0 Å². The summed E-state index contributed by atoms with van der Waals surface area (Å²) < 4.78 is 11.7. The van der Waals surface area contributed by atoms with Crippen molar-refractivity contribution in [3.8, 4) is 11.5 Å². The van der Waals surface area contributed by atoms with Gasteiger partial charge in [-0.25, -0.2) is 0 Å². The number of piperidine rings is 1. The molecule has 0 radical (unpaired) electrons. The Kier molecular flexibility index (Phi) is 8.32. The lowest BCUT2D eigenvalue weighted by molar-refractivity contribution is -0.117. The van der Waals surface area contributed by atoms with Crippen LogP contribution in [0.2, 0.25) is 5.02 Å². The number of amides is 1. The first-order chi connectivity index (χ1) is 18.0. The number of rotatable bonds is 10. The number of carbonyl (C=O) groups is 1. The van der Waals surface area contributed by atoms with E-state index in [1.54, 1.807) is 37.3 Å². The highest BCUT2D eigenvalue weighted by atomic mass is 35.5. The van der Waals surface area contributed by atoms with Crippen molar-refractivity contribution in [3.63, 3.8) is 0 Å². The Morgan fingerprint density at radius 3 is 3.03 bits per heavy atom. The number of pyridine rings is 1. The Hall–Kier alpha value is -2.62. The van der Waals surface area contributed by atoms with Gasteiger partial charge in [-0.2, -0.15) is 0 Å². The van der Waals surface area contributed by atoms with Crippen molar-refractivity contribution >= 4 is 35.0 Å². The second kappa shape index (κ2) is 11.8. The van der Waals surface area contributed by atoms with Gasteiger partial charge in [-0.3, -0.25) is 9.78 Å². The lowest BCUT2D eigenvalue weighted by Gasteiger charge is -2.32. The SMILES string of the molecule is COc1c(Cl)cccc1NC1SC1C1=C(NCc2ccncc2OC[C@@H]2CCCCN2C)CCNC1=O. The van der Waals surface area contributed by atoms with Gasteiger partial charge in [0.2, 0.25) is 5.91 Å². The summed E-state index contributed by atoms with van der Waals surface area (Å²) in [5.41, 5.74) is 3.64. The van der Waals surface area contributed by atoms with Gasteiger partial charge in [0.25, 0.3) is 0 Å². The molecule has 37 heavy (non-hydrogen) atoms. The van der Waals surface area contributed by atoms with E-state index in [9.17, 15) is 4.79 Å². The van der Waals surface area contributed by atoms with Crippen molar-refractivity contribution in [2.45, 2.75) is 48.9 Å². The van der Waals surface area contributed by atoms with Crippen LogP contribution in [0.4, 0.5) is 5.69 Å². The number of carbonyl (C=O) groups excluding carboxylic acids is 1. The second-order valence-electron chi connectivity index (χ2n) is 9.62. The van der Waals surface area contributed by atoms with Crippen LogP contribution < -0.4 is 25.4 Å². The van der Waals surface area contributed by atoms with Gasteiger partial charge < -0.3 is 30.3 Å². The average molecular weight is 544 g/mol. The molecule has 0 saturated carbocycles. The molecule has 3 atom stereocenters. The summed E-state index contributed by atoms with van der Waals surface area (Å²) >= 11 is 7.99. The standard InChI is InChI=1S/C27H34ClN5O3S/c1-33-13-4-3-6-18(33)16-36-22-15-29-11-9-17(22)14-31-20-10-12-30-26(34)23(20)25-27(37-25)32-21-8-5-7-19(28)24(21)35-2/h5,7-9,11,15,18,25,27,31-32H,3-4,6,10,12-14,16H2,1-2H3,(H,30,34)/t18-,25?,27?/m0/s1. The Balaban J connectivity index is 1.26. The van der Waals surface area contributed by atoms with E-state index >= 15 is 0 Å². The molecule has 4 heterocycles. The van der Waals surface area contributed by atoms with Gasteiger partial charge in [0, 0.05) is 43.0 Å². The highest BCUT2D eigenvalue weighted by Crippen LogP contribution is 2.49. The fourth-order valence-electron chi connectivity index (χ4n) is 5.00. The van der Waals surface area contributed by atoms with E-state index in [2.05, 4.69) is 32.9 Å². The van der Waals surface area contributed by atoms with Crippen LogP contribution in [0, 0.1) is 0 Å². The van der Waals surface area contributed by atoms with Crippen molar-refractivity contribution in [3.05, 3.63) is 58.5 Å². The number of anilines is 1. The third-order valence-corrected chi connectivity index (χ3v) is 8.66. The number of methoxy groups -OCH3 is 1. The van der Waals surface area contributed by atoms with E-state index in [1.165, 1.54) is 12.8 Å². The predicted molar refractivity (Wildman–Crippen MR) is 148 cm³/mol. The molecule has 3 aliphatic heterocycles. The molecule has 2 saturated heterocycles. The molecule has 2 fully saturated rings. The molecular weight excluding hydrogens is 510 g/mol. The van der Waals surface area contributed by atoms with Gasteiger partial charge in [-0.05, 0) is 44.6 Å². The molecule has 3 N–H and O–H groups in total. The number of aromatic nitrogens is 1. The third kappa shape index (κ3) is 6.10. The van der Waals surface area contributed by atoms with E-state index < -0.39 is 0 Å². The third-order valence-electron chi connectivity index (χ3n) is 7.19. The highest BCUT2D eigenvalue weighted by molar-refractivity contribution is 8.08. The molecule has 8 nitrogen and oxygen atoms in total. The maximum Gasteiger partial charge on any atom is 0.250 e. The lowest BCUT2D eigenvalue weighted by atomic mass is 10.0. The maximum absolute atomic E-state index is 12.9. The molecule has 2 aromatic rings. The molecule has 2 unspecified atom stereocenters. The number of ether oxygens (including phenoxy) is 2. The molecular formula is C27H34ClN5O3S. The summed E-state index contributed by atoms with van der Waals surface area (Å²) in [5.74, 6) is 1.39. The summed E-state index contributed by atoms with van der Waals surface area (Å²) in [7, 11) is 3.77. The molecule has 1 amide bonds. The Labute approximate surface area is 227 Å². The molecule has 0 spiro atoms. The van der Waals surface area contributed by atoms with Gasteiger partial charge in [-0.1, -0.05) is 24.1 Å². The molecule has 10 heteroatoms. The van der Waals surface area contributed by atoms with E-state index in [-0.39, 0.29) is 16.5 Å². The van der Waals surface area contributed by atoms with Crippen LogP contribution in [0.5, 0.6) is 11.5 Å². The molecule has 5 rings (SSSR count). The van der Waals surface area contributed by atoms with Crippen LogP contribution in [0.15, 0.2) is 47.9 Å². The maximum atomic E-state index is 12.9. The average Bonchev–Trinajstić information content (AvgIpc) is 3.66. The first kappa shape index (κ1) is 26.0. The summed E-state index contributed by atoms with van der Waals surface area (Å²) in [5, 5.41) is 10.7. The Morgan fingerprint density at radius 1 is 1.30 bits per heavy atom. The van der Waals surface area contributed by atoms with Gasteiger partial charge in [0.05, 0.1) is 40.2 Å². The van der Waals surface area contributed by atoms with Crippen LogP contribution in [-0.2, 0) is 11.3 Å². The molecule has 0 aliphatic carbocycles. The summed E-state index contributed by atoms with van der Waals surface area (Å²) in [6.45, 7) is 2.97. The van der Waals surface area contributed by atoms with Crippen molar-refractivity contribution in [2.75, 3.05) is 39.2 Å². The summed E-state index contributed by atoms with van der Waals surface area (Å²) in [6.07, 6.45) is 8.00. The first-order valence-electron chi connectivity index (χ1n) is 12.8. The first-order valence-corrected chi connectivity index (χ1v) is 14.1. The number of thioether (sulfide) groups is 1. The molecule has 0 bridgehead atoms. The zero-order valence-electron chi connectivity index (χ0n) is 21.3. The van der Waals surface area contributed by atoms with Gasteiger partial charge in [0.1, 0.15) is 12.4 Å². The number of nitrogens with one attached hydrogen (secondary N) is 3. The predicted octanol–water partition coefficient (Wildman–Crippen LogP) is 4.02. The number of likely N-dealkylation sites (N-methyl/N-ethyl adjacent to an activating group) is 1. The van der Waals surface area contributed by atoms with Crippen LogP contribution in [0.1, 0.15) is 31.2 Å². The number of likely N-dealkylation sites (tertiary alicyclic amines) is 1. The van der Waals surface area contributed by atoms with Gasteiger partial charge in [0.15, 0.2) is 5.75 Å². The fraction of sp³-hybridized carbons (Fsp3) is 0.481. The minimum Gasteiger partial charge on any atom is -0.493 e.